The summed E-state index contributed by atoms with van der Waals surface area (Å²) < 4.78 is 16.1. The normalized spacial score (nSPS) is 19.5. The zero-order valence-corrected chi connectivity index (χ0v) is 25.5. The number of amides is 1. The molecule has 2 aliphatic rings. The fourth-order valence-electron chi connectivity index (χ4n) is 6.42. The van der Waals surface area contributed by atoms with Gasteiger partial charge in [-0.2, -0.15) is 0 Å². The van der Waals surface area contributed by atoms with Gasteiger partial charge in [0.1, 0.15) is 5.82 Å². The molecule has 2 N–H and O–H groups in total. The van der Waals surface area contributed by atoms with Crippen molar-refractivity contribution in [2.45, 2.75) is 45.9 Å². The fraction of sp³-hybridized carbons (Fsp3) is 0.457. The maximum atomic E-state index is 15.0. The third-order valence-electron chi connectivity index (χ3n) is 8.85. The lowest BCUT2D eigenvalue weighted by Crippen LogP contribution is -2.57. The third-order valence-corrected chi connectivity index (χ3v) is 8.85. The summed E-state index contributed by atoms with van der Waals surface area (Å²) in [4.78, 5) is 18.0. The van der Waals surface area contributed by atoms with Crippen LogP contribution in [0.25, 0.3) is 11.1 Å². The number of likely N-dealkylation sites (N-methyl/N-ethyl adjacent to an activating group) is 1. The molecule has 0 saturated carbocycles. The highest BCUT2D eigenvalue weighted by atomic mass is 19.1. The minimum atomic E-state index is -0.253. The Hall–Kier alpha value is -3.10. The standard InChI is InChI=1S/C35H46FN5O/c1-4-17-41(3)18-15-39(16-19-41)25-30-8-6-10-32(21-30)35(42)38-23-28-11-12-34(36)33(22-28)31-9-5-7-29(20-31)26-40-14-13-37-27(2)24-40/h5-12,20-22,27,37H,4,13-19,23-26H2,1-3H3/p+1/t27-/m0/s1. The van der Waals surface area contributed by atoms with E-state index in [0.717, 1.165) is 67.0 Å². The molecule has 1 atom stereocenters. The molecule has 0 bridgehead atoms. The number of benzene rings is 3. The topological polar surface area (TPSA) is 47.6 Å². The quantitative estimate of drug-likeness (QED) is 0.340. The van der Waals surface area contributed by atoms with E-state index in [9.17, 15) is 9.18 Å². The van der Waals surface area contributed by atoms with Gasteiger partial charge in [-0.25, -0.2) is 4.39 Å². The molecule has 1 amide bonds. The summed E-state index contributed by atoms with van der Waals surface area (Å²) in [7, 11) is 2.36. The van der Waals surface area contributed by atoms with Gasteiger partial charge in [-0.15, -0.1) is 0 Å². The summed E-state index contributed by atoms with van der Waals surface area (Å²) in [6.07, 6.45) is 1.22. The average Bonchev–Trinajstić information content (AvgIpc) is 2.98. The van der Waals surface area contributed by atoms with Gasteiger partial charge in [0.05, 0.1) is 26.7 Å². The van der Waals surface area contributed by atoms with Gasteiger partial charge in [-0.1, -0.05) is 43.3 Å². The maximum absolute atomic E-state index is 15.0. The van der Waals surface area contributed by atoms with Crippen LogP contribution in [0.2, 0.25) is 0 Å². The summed E-state index contributed by atoms with van der Waals surface area (Å²) in [5.74, 6) is -0.363. The van der Waals surface area contributed by atoms with Gasteiger partial charge in [0.15, 0.2) is 0 Å². The predicted octanol–water partition coefficient (Wildman–Crippen LogP) is 4.89. The molecule has 5 rings (SSSR count). The fourth-order valence-corrected chi connectivity index (χ4v) is 6.42. The maximum Gasteiger partial charge on any atom is 0.251 e. The van der Waals surface area contributed by atoms with Crippen LogP contribution in [0.15, 0.2) is 66.7 Å². The SMILES string of the molecule is CCC[N+]1(C)CCN(Cc2cccc(C(=O)NCc3ccc(F)c(-c4cccc(CN5CCN[C@@H](C)C5)c4)c3)c2)CC1. The van der Waals surface area contributed by atoms with Crippen LogP contribution in [0.5, 0.6) is 0 Å². The molecule has 0 unspecified atom stereocenters. The highest BCUT2D eigenvalue weighted by molar-refractivity contribution is 5.94. The van der Waals surface area contributed by atoms with Crippen molar-refractivity contribution in [3.8, 4) is 11.1 Å². The van der Waals surface area contributed by atoms with Crippen molar-refractivity contribution < 1.29 is 13.7 Å². The Labute approximate surface area is 251 Å². The van der Waals surface area contributed by atoms with Crippen LogP contribution in [0.3, 0.4) is 0 Å². The minimum absolute atomic E-state index is 0.110. The van der Waals surface area contributed by atoms with Crippen molar-refractivity contribution >= 4 is 5.91 Å². The number of nitrogens with zero attached hydrogens (tertiary/aromatic N) is 3. The van der Waals surface area contributed by atoms with E-state index in [2.05, 4.69) is 59.5 Å². The summed E-state index contributed by atoms with van der Waals surface area (Å²) in [6.45, 7) is 15.3. The van der Waals surface area contributed by atoms with E-state index in [-0.39, 0.29) is 11.7 Å². The Morgan fingerprint density at radius 1 is 0.952 bits per heavy atom. The third kappa shape index (κ3) is 8.04. The van der Waals surface area contributed by atoms with E-state index in [1.54, 1.807) is 6.07 Å². The lowest BCUT2D eigenvalue weighted by atomic mass is 10.00. The van der Waals surface area contributed by atoms with Crippen molar-refractivity contribution in [3.63, 3.8) is 0 Å². The monoisotopic (exact) mass is 572 g/mol. The van der Waals surface area contributed by atoms with Gasteiger partial charge in [0.2, 0.25) is 0 Å². The van der Waals surface area contributed by atoms with Gasteiger partial charge in [0.25, 0.3) is 5.91 Å². The van der Waals surface area contributed by atoms with Gasteiger partial charge in [-0.3, -0.25) is 14.6 Å². The lowest BCUT2D eigenvalue weighted by Gasteiger charge is -2.42. The van der Waals surface area contributed by atoms with Gasteiger partial charge < -0.3 is 15.1 Å². The van der Waals surface area contributed by atoms with E-state index < -0.39 is 0 Å². The lowest BCUT2D eigenvalue weighted by molar-refractivity contribution is -0.913. The first-order valence-corrected chi connectivity index (χ1v) is 15.6. The highest BCUT2D eigenvalue weighted by Gasteiger charge is 2.27. The smallest absolute Gasteiger partial charge is 0.251 e. The summed E-state index contributed by atoms with van der Waals surface area (Å²) >= 11 is 0. The molecule has 2 saturated heterocycles. The molecule has 3 aromatic carbocycles. The van der Waals surface area contributed by atoms with E-state index in [4.69, 9.17) is 0 Å². The second kappa shape index (κ2) is 13.9. The summed E-state index contributed by atoms with van der Waals surface area (Å²) in [5.41, 5.74) is 5.30. The van der Waals surface area contributed by atoms with E-state index >= 15 is 0 Å². The van der Waals surface area contributed by atoms with Crippen molar-refractivity contribution in [2.24, 2.45) is 0 Å². The van der Waals surface area contributed by atoms with Gasteiger partial charge >= 0.3 is 0 Å². The largest absolute Gasteiger partial charge is 0.348 e. The van der Waals surface area contributed by atoms with Crippen LogP contribution < -0.4 is 10.6 Å². The zero-order chi connectivity index (χ0) is 29.5. The highest BCUT2D eigenvalue weighted by Crippen LogP contribution is 2.26. The Balaban J connectivity index is 1.19. The van der Waals surface area contributed by atoms with Crippen LogP contribution in [0.4, 0.5) is 4.39 Å². The number of carbonyl (C=O) groups excluding carboxylic acids is 1. The second-order valence-electron chi connectivity index (χ2n) is 12.6. The van der Waals surface area contributed by atoms with E-state index in [1.807, 2.05) is 36.4 Å². The number of piperazine rings is 2. The Bertz CT molecular complexity index is 1350. The Morgan fingerprint density at radius 3 is 2.45 bits per heavy atom. The van der Waals surface area contributed by atoms with Crippen LogP contribution in [0.1, 0.15) is 47.3 Å². The van der Waals surface area contributed by atoms with Crippen molar-refractivity contribution in [1.29, 1.82) is 0 Å². The number of quaternary nitrogens is 1. The minimum Gasteiger partial charge on any atom is -0.348 e. The Kier molecular flexibility index (Phi) is 10.1. The first kappa shape index (κ1) is 30.4. The first-order chi connectivity index (χ1) is 20.3. The van der Waals surface area contributed by atoms with Crippen LogP contribution in [-0.4, -0.2) is 85.6 Å². The molecular weight excluding hydrogens is 525 g/mol. The number of carbonyl (C=O) groups is 1. The molecule has 0 spiro atoms. The van der Waals surface area contributed by atoms with Crippen LogP contribution in [0, 0.1) is 5.82 Å². The molecule has 224 valence electrons. The average molecular weight is 573 g/mol. The molecule has 2 aliphatic heterocycles. The molecule has 42 heavy (non-hydrogen) atoms. The molecule has 7 heteroatoms. The van der Waals surface area contributed by atoms with Crippen molar-refractivity contribution in [2.75, 3.05) is 59.4 Å². The zero-order valence-electron chi connectivity index (χ0n) is 25.5. The summed E-state index contributed by atoms with van der Waals surface area (Å²) in [6, 6.07) is 21.7. The number of hydrogen-bond acceptors (Lipinski definition) is 4. The van der Waals surface area contributed by atoms with E-state index in [0.29, 0.717) is 23.7 Å². The molecule has 2 heterocycles. The Morgan fingerprint density at radius 2 is 1.69 bits per heavy atom. The summed E-state index contributed by atoms with van der Waals surface area (Å²) in [5, 5.41) is 6.53. The molecule has 6 nitrogen and oxygen atoms in total. The second-order valence-corrected chi connectivity index (χ2v) is 12.6. The molecule has 2 fully saturated rings. The van der Waals surface area contributed by atoms with Crippen molar-refractivity contribution in [3.05, 3.63) is 94.8 Å². The van der Waals surface area contributed by atoms with Crippen LogP contribution >= 0.6 is 0 Å². The van der Waals surface area contributed by atoms with Gasteiger partial charge in [0, 0.05) is 69.5 Å². The van der Waals surface area contributed by atoms with Crippen LogP contribution in [-0.2, 0) is 19.6 Å². The van der Waals surface area contributed by atoms with Gasteiger partial charge in [-0.05, 0) is 65.9 Å². The molecule has 0 radical (unpaired) electrons. The molecule has 0 aromatic heterocycles. The molecule has 0 aliphatic carbocycles. The van der Waals surface area contributed by atoms with Crippen molar-refractivity contribution in [1.82, 2.24) is 20.4 Å². The number of rotatable bonds is 10. The number of halogens is 1. The molecule has 3 aromatic rings. The number of nitrogens with one attached hydrogen (secondary N) is 2. The van der Waals surface area contributed by atoms with E-state index in [1.165, 1.54) is 37.7 Å². The molecular formula is C35H47FN5O+. The first-order valence-electron chi connectivity index (χ1n) is 15.6. The number of hydrogen-bond donors (Lipinski definition) is 2. The predicted molar refractivity (Wildman–Crippen MR) is 169 cm³/mol.